The first-order valence-corrected chi connectivity index (χ1v) is 10.0. The minimum absolute atomic E-state index is 0.288. The number of halogens is 2. The Hall–Kier alpha value is -3.02. The second-order valence-electron chi connectivity index (χ2n) is 7.04. The highest BCUT2D eigenvalue weighted by molar-refractivity contribution is 6.33. The number of aromatic nitrogens is 2. The highest BCUT2D eigenvalue weighted by Crippen LogP contribution is 2.31. The van der Waals surface area contributed by atoms with E-state index in [1.807, 2.05) is 6.07 Å². The van der Waals surface area contributed by atoms with Crippen LogP contribution < -0.4 is 10.1 Å². The van der Waals surface area contributed by atoms with Crippen LogP contribution in [0.5, 0.6) is 5.75 Å². The molecule has 0 saturated carbocycles. The fraction of sp³-hybridized carbons (Fsp3) is 0.130. The minimum atomic E-state index is -0.288. The van der Waals surface area contributed by atoms with Crippen LogP contribution in [0.1, 0.15) is 21.5 Å². The number of aryl methyl sites for hydroxylation is 2. The molecule has 0 aliphatic carbocycles. The molecular weight excluding hydrogens is 421 g/mol. The quantitative estimate of drug-likeness (QED) is 0.385. The summed E-state index contributed by atoms with van der Waals surface area (Å²) in [5, 5.41) is 3.78. The Labute approximate surface area is 184 Å². The number of hydrogen-bond acceptors (Lipinski definition) is 3. The maximum atomic E-state index is 12.6. The summed E-state index contributed by atoms with van der Waals surface area (Å²) in [7, 11) is 1.52. The summed E-state index contributed by atoms with van der Waals surface area (Å²) in [6, 6.07) is 14.2. The lowest BCUT2D eigenvalue weighted by Crippen LogP contribution is -2.12. The molecule has 0 atom stereocenters. The number of H-pyrrole nitrogens is 1. The molecule has 7 heteroatoms. The van der Waals surface area contributed by atoms with Gasteiger partial charge in [0, 0.05) is 16.8 Å². The molecule has 1 amide bonds. The summed E-state index contributed by atoms with van der Waals surface area (Å²) >= 11 is 12.6. The van der Waals surface area contributed by atoms with Gasteiger partial charge in [0.15, 0.2) is 0 Å². The van der Waals surface area contributed by atoms with Crippen LogP contribution in [0.4, 0.5) is 5.69 Å². The van der Waals surface area contributed by atoms with Gasteiger partial charge in [0.05, 0.1) is 28.2 Å². The third kappa shape index (κ3) is 3.86. The van der Waals surface area contributed by atoms with Crippen molar-refractivity contribution in [2.45, 2.75) is 13.8 Å². The van der Waals surface area contributed by atoms with Gasteiger partial charge >= 0.3 is 0 Å². The van der Waals surface area contributed by atoms with Gasteiger partial charge < -0.3 is 15.0 Å². The number of aromatic amines is 1. The van der Waals surface area contributed by atoms with Crippen molar-refractivity contribution in [2.24, 2.45) is 0 Å². The fourth-order valence-corrected chi connectivity index (χ4v) is 3.66. The van der Waals surface area contributed by atoms with Crippen LogP contribution in [-0.2, 0) is 0 Å². The number of anilines is 1. The van der Waals surface area contributed by atoms with E-state index in [1.165, 1.54) is 18.2 Å². The monoisotopic (exact) mass is 439 g/mol. The van der Waals surface area contributed by atoms with E-state index in [4.69, 9.17) is 27.9 Å². The number of imidazole rings is 1. The molecule has 0 aliphatic rings. The topological polar surface area (TPSA) is 67.0 Å². The average molecular weight is 440 g/mol. The number of nitrogens with one attached hydrogen (secondary N) is 2. The number of benzene rings is 3. The maximum absolute atomic E-state index is 12.6. The van der Waals surface area contributed by atoms with E-state index in [0.717, 1.165) is 11.0 Å². The number of carbonyl (C=O) groups excluding carboxylic acids is 1. The van der Waals surface area contributed by atoms with Gasteiger partial charge in [-0.15, -0.1) is 0 Å². The maximum Gasteiger partial charge on any atom is 0.255 e. The fourth-order valence-electron chi connectivity index (χ4n) is 3.19. The Balaban J connectivity index is 1.65. The molecule has 1 aromatic heterocycles. The molecule has 4 rings (SSSR count). The van der Waals surface area contributed by atoms with Crippen LogP contribution in [0.2, 0.25) is 10.0 Å². The molecule has 152 valence electrons. The number of ether oxygens (including phenoxy) is 1. The van der Waals surface area contributed by atoms with Gasteiger partial charge in [0.25, 0.3) is 5.91 Å². The predicted molar refractivity (Wildman–Crippen MR) is 122 cm³/mol. The smallest absolute Gasteiger partial charge is 0.255 e. The first kappa shape index (κ1) is 20.3. The predicted octanol–water partition coefficient (Wildman–Crippen LogP) is 6.41. The SMILES string of the molecule is COc1ccc(C(=O)Nc2ccc(Cl)c(-c3nc4cc(C)c(C)cc4[nH]3)c2)cc1Cl. The van der Waals surface area contributed by atoms with Gasteiger partial charge in [-0.1, -0.05) is 23.2 Å². The molecule has 0 fully saturated rings. The number of nitrogens with zero attached hydrogens (tertiary/aromatic N) is 1. The number of hydrogen-bond donors (Lipinski definition) is 2. The Morgan fingerprint density at radius 3 is 2.50 bits per heavy atom. The zero-order valence-electron chi connectivity index (χ0n) is 16.6. The van der Waals surface area contributed by atoms with Gasteiger partial charge in [-0.3, -0.25) is 4.79 Å². The summed E-state index contributed by atoms with van der Waals surface area (Å²) in [5.41, 5.74) is 5.88. The molecule has 30 heavy (non-hydrogen) atoms. The van der Waals surface area contributed by atoms with Crippen molar-refractivity contribution in [1.82, 2.24) is 9.97 Å². The molecule has 0 bridgehead atoms. The molecule has 0 unspecified atom stereocenters. The Morgan fingerprint density at radius 2 is 1.77 bits per heavy atom. The first-order valence-electron chi connectivity index (χ1n) is 9.27. The third-order valence-electron chi connectivity index (χ3n) is 4.99. The largest absolute Gasteiger partial charge is 0.495 e. The number of methoxy groups -OCH3 is 1. The highest BCUT2D eigenvalue weighted by Gasteiger charge is 2.14. The van der Waals surface area contributed by atoms with Crippen molar-refractivity contribution in [3.05, 3.63) is 75.3 Å². The third-order valence-corrected chi connectivity index (χ3v) is 5.62. The van der Waals surface area contributed by atoms with E-state index in [1.54, 1.807) is 36.4 Å². The first-order chi connectivity index (χ1) is 14.4. The zero-order chi connectivity index (χ0) is 21.4. The van der Waals surface area contributed by atoms with Crippen LogP contribution in [0.15, 0.2) is 48.5 Å². The van der Waals surface area contributed by atoms with E-state index < -0.39 is 0 Å². The summed E-state index contributed by atoms with van der Waals surface area (Å²) in [6.45, 7) is 4.11. The Morgan fingerprint density at radius 1 is 1.00 bits per heavy atom. The van der Waals surface area contributed by atoms with E-state index in [-0.39, 0.29) is 5.91 Å². The molecular formula is C23H19Cl2N3O2. The van der Waals surface area contributed by atoms with E-state index in [2.05, 4.69) is 35.2 Å². The number of fused-ring (bicyclic) bond motifs is 1. The van der Waals surface area contributed by atoms with Gasteiger partial charge in [-0.2, -0.15) is 0 Å². The van der Waals surface area contributed by atoms with Crippen molar-refractivity contribution in [3.8, 4) is 17.1 Å². The van der Waals surface area contributed by atoms with Gasteiger partial charge in [-0.25, -0.2) is 4.98 Å². The highest BCUT2D eigenvalue weighted by atomic mass is 35.5. The van der Waals surface area contributed by atoms with Crippen molar-refractivity contribution in [3.63, 3.8) is 0 Å². The number of amides is 1. The Bertz CT molecular complexity index is 1240. The van der Waals surface area contributed by atoms with Crippen molar-refractivity contribution < 1.29 is 9.53 Å². The average Bonchev–Trinajstić information content (AvgIpc) is 3.12. The van der Waals surface area contributed by atoms with Crippen molar-refractivity contribution in [1.29, 1.82) is 0 Å². The van der Waals surface area contributed by atoms with Crippen molar-refractivity contribution >= 4 is 45.8 Å². The summed E-state index contributed by atoms with van der Waals surface area (Å²) in [4.78, 5) is 20.6. The lowest BCUT2D eigenvalue weighted by atomic mass is 10.1. The molecule has 4 aromatic rings. The molecule has 2 N–H and O–H groups in total. The van der Waals surface area contributed by atoms with Crippen LogP contribution in [0.3, 0.4) is 0 Å². The molecule has 0 aliphatic heterocycles. The summed E-state index contributed by atoms with van der Waals surface area (Å²) in [5.74, 6) is 0.865. The molecule has 0 spiro atoms. The van der Waals surface area contributed by atoms with Gasteiger partial charge in [0.2, 0.25) is 0 Å². The molecule has 1 heterocycles. The molecule has 5 nitrogen and oxygen atoms in total. The van der Waals surface area contributed by atoms with Crippen molar-refractivity contribution in [2.75, 3.05) is 12.4 Å². The standard InChI is InChI=1S/C23H19Cl2N3O2/c1-12-8-19-20(9-13(12)2)28-22(27-19)16-11-15(5-6-17(16)24)26-23(29)14-4-7-21(30-3)18(25)10-14/h4-11H,1-3H3,(H,26,29)(H,27,28). The van der Waals surface area contributed by atoms with E-state index >= 15 is 0 Å². The molecule has 3 aromatic carbocycles. The van der Waals surface area contributed by atoms with E-state index in [0.29, 0.717) is 38.4 Å². The van der Waals surface area contributed by atoms with Gasteiger partial charge in [-0.05, 0) is 73.5 Å². The number of rotatable bonds is 4. The normalized spacial score (nSPS) is 11.0. The minimum Gasteiger partial charge on any atom is -0.495 e. The second-order valence-corrected chi connectivity index (χ2v) is 7.85. The van der Waals surface area contributed by atoms with Gasteiger partial charge in [0.1, 0.15) is 11.6 Å². The Kier molecular flexibility index (Phi) is 5.41. The van der Waals surface area contributed by atoms with Crippen LogP contribution in [0.25, 0.3) is 22.4 Å². The summed E-state index contributed by atoms with van der Waals surface area (Å²) < 4.78 is 5.13. The van der Waals surface area contributed by atoms with Crippen LogP contribution in [-0.4, -0.2) is 23.0 Å². The zero-order valence-corrected chi connectivity index (χ0v) is 18.2. The lowest BCUT2D eigenvalue weighted by molar-refractivity contribution is 0.102. The molecule has 0 radical (unpaired) electrons. The molecule has 0 saturated heterocycles. The number of carbonyl (C=O) groups is 1. The lowest BCUT2D eigenvalue weighted by Gasteiger charge is -2.09. The van der Waals surface area contributed by atoms with Crippen LogP contribution in [0, 0.1) is 13.8 Å². The van der Waals surface area contributed by atoms with E-state index in [9.17, 15) is 4.79 Å². The van der Waals surface area contributed by atoms with Crippen LogP contribution >= 0.6 is 23.2 Å². The summed E-state index contributed by atoms with van der Waals surface area (Å²) in [6.07, 6.45) is 0. The second kappa shape index (κ2) is 8.01.